The number of nitrogens with zero attached hydrogens (tertiary/aromatic N) is 1. The number of hydrogen-bond acceptors (Lipinski definition) is 3. The molecule has 0 aliphatic heterocycles. The van der Waals surface area contributed by atoms with E-state index >= 15 is 0 Å². The van der Waals surface area contributed by atoms with Gasteiger partial charge in [-0.1, -0.05) is 19.1 Å². The van der Waals surface area contributed by atoms with Crippen molar-refractivity contribution >= 4 is 17.8 Å². The minimum absolute atomic E-state index is 0.136. The lowest BCUT2D eigenvalue weighted by atomic mass is 9.82. The van der Waals surface area contributed by atoms with E-state index in [9.17, 15) is 19.5 Å². The summed E-state index contributed by atoms with van der Waals surface area (Å²) in [6, 6.07) is 0. The molecule has 1 aliphatic rings. The van der Waals surface area contributed by atoms with E-state index in [2.05, 4.69) is 5.32 Å². The third kappa shape index (κ3) is 3.82. The molecule has 2 amide bonds. The van der Waals surface area contributed by atoms with Crippen molar-refractivity contribution in [2.75, 3.05) is 20.6 Å². The predicted octanol–water partition coefficient (Wildman–Crippen LogP) is 0.494. The van der Waals surface area contributed by atoms with Crippen LogP contribution in [0.4, 0.5) is 0 Å². The molecule has 0 saturated heterocycles. The molecule has 0 aromatic heterocycles. The van der Waals surface area contributed by atoms with Crippen LogP contribution in [0.3, 0.4) is 0 Å². The van der Waals surface area contributed by atoms with Crippen LogP contribution in [-0.4, -0.2) is 48.4 Å². The van der Waals surface area contributed by atoms with Crippen molar-refractivity contribution in [1.82, 2.24) is 10.2 Å². The van der Waals surface area contributed by atoms with Gasteiger partial charge in [-0.2, -0.15) is 0 Å². The third-order valence-electron chi connectivity index (χ3n) is 3.68. The quantitative estimate of drug-likeness (QED) is 0.719. The molecule has 6 heteroatoms. The van der Waals surface area contributed by atoms with E-state index in [1.165, 1.54) is 4.90 Å². The van der Waals surface area contributed by atoms with Crippen LogP contribution in [0.25, 0.3) is 0 Å². The molecule has 0 radical (unpaired) electrons. The zero-order chi connectivity index (χ0) is 15.3. The summed E-state index contributed by atoms with van der Waals surface area (Å²) in [6.07, 6.45) is 4.47. The van der Waals surface area contributed by atoms with Crippen molar-refractivity contribution in [1.29, 1.82) is 0 Å². The summed E-state index contributed by atoms with van der Waals surface area (Å²) in [6.45, 7) is 2.02. The Bertz CT molecular complexity index is 419. The van der Waals surface area contributed by atoms with Gasteiger partial charge in [0.05, 0.1) is 17.8 Å². The maximum Gasteiger partial charge on any atom is 0.307 e. The molecule has 1 rings (SSSR count). The van der Waals surface area contributed by atoms with Gasteiger partial charge >= 0.3 is 5.97 Å². The minimum atomic E-state index is -0.944. The smallest absolute Gasteiger partial charge is 0.307 e. The lowest BCUT2D eigenvalue weighted by Crippen LogP contribution is -2.43. The molecule has 6 nitrogen and oxygen atoms in total. The summed E-state index contributed by atoms with van der Waals surface area (Å²) in [5.74, 6) is -2.83. The molecule has 3 atom stereocenters. The van der Waals surface area contributed by atoms with E-state index in [0.717, 1.165) is 0 Å². The fraction of sp³-hybridized carbons (Fsp3) is 0.643. The predicted molar refractivity (Wildman–Crippen MR) is 73.9 cm³/mol. The van der Waals surface area contributed by atoms with Crippen LogP contribution in [0.5, 0.6) is 0 Å². The number of carboxylic acids is 1. The lowest BCUT2D eigenvalue weighted by Gasteiger charge is -2.29. The zero-order valence-corrected chi connectivity index (χ0v) is 12.1. The van der Waals surface area contributed by atoms with E-state index in [0.29, 0.717) is 12.8 Å². The van der Waals surface area contributed by atoms with Gasteiger partial charge in [-0.05, 0) is 12.8 Å². The summed E-state index contributed by atoms with van der Waals surface area (Å²) in [5.41, 5.74) is 0. The number of rotatable bonds is 5. The highest BCUT2D eigenvalue weighted by molar-refractivity contribution is 5.86. The largest absolute Gasteiger partial charge is 0.481 e. The molecule has 0 heterocycles. The highest BCUT2D eigenvalue weighted by Crippen LogP contribution is 2.27. The second-order valence-corrected chi connectivity index (χ2v) is 5.23. The Morgan fingerprint density at radius 1 is 1.30 bits per heavy atom. The van der Waals surface area contributed by atoms with E-state index in [1.807, 2.05) is 6.08 Å². The highest BCUT2D eigenvalue weighted by Gasteiger charge is 2.35. The second-order valence-electron chi connectivity index (χ2n) is 5.23. The third-order valence-corrected chi connectivity index (χ3v) is 3.68. The van der Waals surface area contributed by atoms with Crippen molar-refractivity contribution in [2.24, 2.45) is 17.8 Å². The van der Waals surface area contributed by atoms with Gasteiger partial charge in [-0.3, -0.25) is 14.4 Å². The summed E-state index contributed by atoms with van der Waals surface area (Å²) in [4.78, 5) is 36.5. The molecule has 0 saturated carbocycles. The first-order valence-electron chi connectivity index (χ1n) is 6.72. The van der Waals surface area contributed by atoms with E-state index < -0.39 is 17.8 Å². The number of nitrogens with one attached hydrogen (secondary N) is 1. The summed E-state index contributed by atoms with van der Waals surface area (Å²) in [7, 11) is 3.16. The van der Waals surface area contributed by atoms with Gasteiger partial charge in [0.25, 0.3) is 0 Å². The topological polar surface area (TPSA) is 86.7 Å². The number of hydrogen-bond donors (Lipinski definition) is 2. The Morgan fingerprint density at radius 3 is 2.35 bits per heavy atom. The van der Waals surface area contributed by atoms with Crippen LogP contribution < -0.4 is 5.32 Å². The van der Waals surface area contributed by atoms with Gasteiger partial charge in [0.2, 0.25) is 11.8 Å². The number of carboxylic acid groups (broad SMARTS) is 1. The van der Waals surface area contributed by atoms with Crippen LogP contribution in [0.1, 0.15) is 19.8 Å². The highest BCUT2D eigenvalue weighted by atomic mass is 16.4. The molecule has 0 aromatic rings. The van der Waals surface area contributed by atoms with Crippen LogP contribution in [0, 0.1) is 17.8 Å². The van der Waals surface area contributed by atoms with E-state index in [-0.39, 0.29) is 24.3 Å². The molecule has 112 valence electrons. The first-order chi connectivity index (χ1) is 9.38. The molecule has 20 heavy (non-hydrogen) atoms. The molecule has 0 bridgehead atoms. The normalized spacial score (nSPS) is 22.9. The maximum atomic E-state index is 12.4. The summed E-state index contributed by atoms with van der Waals surface area (Å²) >= 11 is 0. The molecule has 0 fully saturated rings. The Balaban J connectivity index is 2.70. The summed E-state index contributed by atoms with van der Waals surface area (Å²) < 4.78 is 0. The molecule has 0 aromatic carbocycles. The van der Waals surface area contributed by atoms with Gasteiger partial charge in [-0.25, -0.2) is 0 Å². The van der Waals surface area contributed by atoms with Crippen LogP contribution in [0.15, 0.2) is 12.2 Å². The Hall–Kier alpha value is -1.85. The number of allylic oxidation sites excluding steroid dienone is 2. The van der Waals surface area contributed by atoms with E-state index in [1.54, 1.807) is 27.1 Å². The monoisotopic (exact) mass is 282 g/mol. The fourth-order valence-electron chi connectivity index (χ4n) is 2.47. The Kier molecular flexibility index (Phi) is 5.73. The molecule has 0 spiro atoms. The molecular weight excluding hydrogens is 260 g/mol. The van der Waals surface area contributed by atoms with Crippen LogP contribution in [-0.2, 0) is 14.4 Å². The number of carbonyl (C=O) groups excluding carboxylic acids is 2. The SMILES string of the molecule is CNC(=O)C(C)CN(C)C(=O)[C@@H]1CC=CC[C@@H]1C(=O)O. The first kappa shape index (κ1) is 16.2. The molecule has 2 N–H and O–H groups in total. The standard InChI is InChI=1S/C14H22N2O4/c1-9(12(17)15-2)8-16(3)13(18)10-6-4-5-7-11(10)14(19)20/h4-5,9-11H,6-8H2,1-3H3,(H,15,17)(H,19,20)/t9?,10-,11+/m1/s1. The van der Waals surface area contributed by atoms with Crippen LogP contribution in [0.2, 0.25) is 0 Å². The van der Waals surface area contributed by atoms with Crippen molar-refractivity contribution in [3.8, 4) is 0 Å². The van der Waals surface area contributed by atoms with E-state index in [4.69, 9.17) is 0 Å². The molecule has 1 unspecified atom stereocenters. The van der Waals surface area contributed by atoms with Gasteiger partial charge in [0.1, 0.15) is 0 Å². The van der Waals surface area contributed by atoms with Crippen molar-refractivity contribution in [3.05, 3.63) is 12.2 Å². The van der Waals surface area contributed by atoms with Crippen molar-refractivity contribution in [3.63, 3.8) is 0 Å². The molecule has 1 aliphatic carbocycles. The lowest BCUT2D eigenvalue weighted by molar-refractivity contribution is -0.150. The van der Waals surface area contributed by atoms with Gasteiger partial charge in [0.15, 0.2) is 0 Å². The number of aliphatic carboxylic acids is 1. The van der Waals surface area contributed by atoms with Gasteiger partial charge in [0, 0.05) is 20.6 Å². The Morgan fingerprint density at radius 2 is 1.85 bits per heavy atom. The second kappa shape index (κ2) is 7.07. The average molecular weight is 282 g/mol. The van der Waals surface area contributed by atoms with Gasteiger partial charge < -0.3 is 15.3 Å². The number of carbonyl (C=O) groups is 3. The first-order valence-corrected chi connectivity index (χ1v) is 6.72. The zero-order valence-electron chi connectivity index (χ0n) is 12.1. The fourth-order valence-corrected chi connectivity index (χ4v) is 2.47. The number of amides is 2. The van der Waals surface area contributed by atoms with Crippen LogP contribution >= 0.6 is 0 Å². The van der Waals surface area contributed by atoms with Crippen molar-refractivity contribution < 1.29 is 19.5 Å². The maximum absolute atomic E-state index is 12.4. The minimum Gasteiger partial charge on any atom is -0.481 e. The molecular formula is C14H22N2O4. The average Bonchev–Trinajstić information content (AvgIpc) is 2.45. The van der Waals surface area contributed by atoms with Gasteiger partial charge in [-0.15, -0.1) is 0 Å². The van der Waals surface area contributed by atoms with Crippen molar-refractivity contribution in [2.45, 2.75) is 19.8 Å². The summed E-state index contributed by atoms with van der Waals surface area (Å²) in [5, 5.41) is 11.7. The Labute approximate surface area is 118 Å².